The quantitative estimate of drug-likeness (QED) is 0.873. The Labute approximate surface area is 108 Å². The molecule has 0 aromatic carbocycles. The molecule has 0 radical (unpaired) electrons. The van der Waals surface area contributed by atoms with Gasteiger partial charge in [0.15, 0.2) is 0 Å². The molecule has 18 heavy (non-hydrogen) atoms. The highest BCUT2D eigenvalue weighted by molar-refractivity contribution is 5.82. The maximum atomic E-state index is 12.0. The Morgan fingerprint density at radius 1 is 1.28 bits per heavy atom. The number of H-pyrrole nitrogens is 1. The average molecular weight is 247 g/mol. The minimum absolute atomic E-state index is 0.0288. The van der Waals surface area contributed by atoms with E-state index in [1.807, 2.05) is 19.9 Å². The summed E-state index contributed by atoms with van der Waals surface area (Å²) in [4.78, 5) is 26.8. The van der Waals surface area contributed by atoms with Gasteiger partial charge < -0.3 is 4.98 Å². The van der Waals surface area contributed by atoms with Crippen molar-refractivity contribution < 1.29 is 4.79 Å². The van der Waals surface area contributed by atoms with Crippen molar-refractivity contribution in [3.05, 3.63) is 33.2 Å². The number of carbonyl (C=O) groups is 1. The molecule has 1 aliphatic rings. The molecule has 0 amide bonds. The number of aryl methyl sites for hydroxylation is 2. The summed E-state index contributed by atoms with van der Waals surface area (Å²) in [6.07, 6.45) is 3.30. The van der Waals surface area contributed by atoms with E-state index in [1.54, 1.807) is 0 Å². The number of Topliss-reactive ketones (excluding diaryl/α,β-unsaturated/α-hetero) is 1. The lowest BCUT2D eigenvalue weighted by Crippen LogP contribution is -2.28. The molecule has 0 aliphatic heterocycles. The molecule has 0 bridgehead atoms. The molecule has 98 valence electrons. The maximum absolute atomic E-state index is 12.0. The summed E-state index contributed by atoms with van der Waals surface area (Å²) in [5, 5.41) is 0. The van der Waals surface area contributed by atoms with Gasteiger partial charge in [-0.2, -0.15) is 0 Å². The molecular weight excluding hydrogens is 226 g/mol. The first-order chi connectivity index (χ1) is 8.47. The van der Waals surface area contributed by atoms with Gasteiger partial charge in [-0.1, -0.05) is 6.92 Å². The lowest BCUT2D eigenvalue weighted by atomic mass is 9.79. The van der Waals surface area contributed by atoms with Gasteiger partial charge in [-0.3, -0.25) is 9.59 Å². The van der Waals surface area contributed by atoms with E-state index < -0.39 is 0 Å². The fraction of sp³-hybridized carbons (Fsp3) is 0.600. The molecule has 1 heterocycles. The third-order valence-corrected chi connectivity index (χ3v) is 3.96. The van der Waals surface area contributed by atoms with Crippen LogP contribution in [0.3, 0.4) is 0 Å². The molecule has 0 spiro atoms. The number of aromatic amines is 1. The summed E-state index contributed by atoms with van der Waals surface area (Å²) in [7, 11) is 0. The fourth-order valence-corrected chi connectivity index (χ4v) is 2.86. The summed E-state index contributed by atoms with van der Waals surface area (Å²) in [6, 6.07) is 1.98. The van der Waals surface area contributed by atoms with Crippen LogP contribution in [0.15, 0.2) is 10.9 Å². The zero-order valence-corrected chi connectivity index (χ0v) is 11.4. The van der Waals surface area contributed by atoms with E-state index in [4.69, 9.17) is 0 Å². The lowest BCUT2D eigenvalue weighted by Gasteiger charge is -2.25. The van der Waals surface area contributed by atoms with Crippen LogP contribution >= 0.6 is 0 Å². The average Bonchev–Trinajstić information content (AvgIpc) is 2.25. The predicted molar refractivity (Wildman–Crippen MR) is 71.8 cm³/mol. The zero-order valence-electron chi connectivity index (χ0n) is 11.4. The molecule has 3 heteroatoms. The van der Waals surface area contributed by atoms with E-state index in [0.29, 0.717) is 24.5 Å². The van der Waals surface area contributed by atoms with E-state index in [9.17, 15) is 9.59 Å². The van der Waals surface area contributed by atoms with Crippen LogP contribution in [0.4, 0.5) is 0 Å². The molecule has 1 N–H and O–H groups in total. The van der Waals surface area contributed by atoms with Gasteiger partial charge >= 0.3 is 0 Å². The molecular formula is C15H21NO2. The Morgan fingerprint density at radius 3 is 2.61 bits per heavy atom. The molecule has 1 aromatic rings. The number of ketones is 1. The molecule has 1 aromatic heterocycles. The van der Waals surface area contributed by atoms with E-state index in [2.05, 4.69) is 11.9 Å². The van der Waals surface area contributed by atoms with Crippen molar-refractivity contribution in [1.82, 2.24) is 4.98 Å². The van der Waals surface area contributed by atoms with E-state index in [-0.39, 0.29) is 11.5 Å². The number of hydrogen-bond acceptors (Lipinski definition) is 2. The van der Waals surface area contributed by atoms with E-state index in [1.165, 1.54) is 0 Å². The van der Waals surface area contributed by atoms with Gasteiger partial charge in [-0.05, 0) is 50.7 Å². The summed E-state index contributed by atoms with van der Waals surface area (Å²) in [5.41, 5.74) is 2.64. The normalized spacial score (nSPS) is 24.3. The summed E-state index contributed by atoms with van der Waals surface area (Å²) in [5.74, 6) is 0.878. The Hall–Kier alpha value is -1.38. The molecule has 2 atom stereocenters. The highest BCUT2D eigenvalue weighted by atomic mass is 16.1. The minimum atomic E-state index is -0.0288. The van der Waals surface area contributed by atoms with Crippen LogP contribution in [-0.2, 0) is 11.2 Å². The SMILES string of the molecule is Cc1cc(C)c(CC2CCC(C)CC2=O)c(=O)[nH]1. The lowest BCUT2D eigenvalue weighted by molar-refractivity contribution is -0.125. The smallest absolute Gasteiger partial charge is 0.251 e. The highest BCUT2D eigenvalue weighted by Gasteiger charge is 2.27. The molecule has 2 rings (SSSR count). The molecule has 1 fully saturated rings. The second-order valence-corrected chi connectivity index (χ2v) is 5.70. The topological polar surface area (TPSA) is 49.9 Å². The second-order valence-electron chi connectivity index (χ2n) is 5.70. The highest BCUT2D eigenvalue weighted by Crippen LogP contribution is 2.28. The van der Waals surface area contributed by atoms with Gasteiger partial charge in [-0.25, -0.2) is 0 Å². The van der Waals surface area contributed by atoms with Crippen molar-refractivity contribution in [2.24, 2.45) is 11.8 Å². The van der Waals surface area contributed by atoms with Crippen LogP contribution in [0.25, 0.3) is 0 Å². The third kappa shape index (κ3) is 2.71. The summed E-state index contributed by atoms with van der Waals surface area (Å²) >= 11 is 0. The largest absolute Gasteiger partial charge is 0.326 e. The Kier molecular flexibility index (Phi) is 3.69. The molecule has 1 saturated carbocycles. The van der Waals surface area contributed by atoms with Crippen LogP contribution in [0.2, 0.25) is 0 Å². The monoisotopic (exact) mass is 247 g/mol. The Morgan fingerprint density at radius 2 is 2.00 bits per heavy atom. The number of hydrogen-bond donors (Lipinski definition) is 1. The van der Waals surface area contributed by atoms with Crippen molar-refractivity contribution in [2.75, 3.05) is 0 Å². The first-order valence-electron chi connectivity index (χ1n) is 6.69. The first kappa shape index (κ1) is 13.1. The van der Waals surface area contributed by atoms with Crippen molar-refractivity contribution in [1.29, 1.82) is 0 Å². The Balaban J connectivity index is 2.20. The number of aromatic nitrogens is 1. The fourth-order valence-electron chi connectivity index (χ4n) is 2.86. The minimum Gasteiger partial charge on any atom is -0.326 e. The van der Waals surface area contributed by atoms with Crippen LogP contribution in [0.1, 0.15) is 43.0 Å². The summed E-state index contributed by atoms with van der Waals surface area (Å²) in [6.45, 7) is 5.96. The van der Waals surface area contributed by atoms with Gasteiger partial charge in [0.05, 0.1) is 0 Å². The molecule has 3 nitrogen and oxygen atoms in total. The van der Waals surface area contributed by atoms with Gasteiger partial charge in [0, 0.05) is 23.6 Å². The van der Waals surface area contributed by atoms with Crippen LogP contribution in [-0.4, -0.2) is 10.8 Å². The van der Waals surface area contributed by atoms with Gasteiger partial charge in [0.2, 0.25) is 0 Å². The number of pyridine rings is 1. The van der Waals surface area contributed by atoms with Crippen LogP contribution < -0.4 is 5.56 Å². The van der Waals surface area contributed by atoms with Crippen molar-refractivity contribution in [2.45, 2.75) is 46.5 Å². The van der Waals surface area contributed by atoms with Gasteiger partial charge in [-0.15, -0.1) is 0 Å². The van der Waals surface area contributed by atoms with E-state index >= 15 is 0 Å². The number of nitrogens with one attached hydrogen (secondary N) is 1. The Bertz CT molecular complexity index is 516. The van der Waals surface area contributed by atoms with Gasteiger partial charge in [0.25, 0.3) is 5.56 Å². The molecule has 0 saturated heterocycles. The zero-order chi connectivity index (χ0) is 13.3. The first-order valence-corrected chi connectivity index (χ1v) is 6.69. The van der Waals surface area contributed by atoms with Gasteiger partial charge in [0.1, 0.15) is 5.78 Å². The summed E-state index contributed by atoms with van der Waals surface area (Å²) < 4.78 is 0. The third-order valence-electron chi connectivity index (χ3n) is 3.96. The van der Waals surface area contributed by atoms with Crippen molar-refractivity contribution in [3.8, 4) is 0 Å². The van der Waals surface area contributed by atoms with E-state index in [0.717, 1.165) is 29.7 Å². The predicted octanol–water partition coefficient (Wildman–Crippen LogP) is 2.54. The number of carbonyl (C=O) groups excluding carboxylic acids is 1. The van der Waals surface area contributed by atoms with Crippen molar-refractivity contribution in [3.63, 3.8) is 0 Å². The standard InChI is InChI=1S/C15H21NO2/c1-9-4-5-12(14(17)6-9)8-13-10(2)7-11(3)16-15(13)18/h7,9,12H,4-6,8H2,1-3H3,(H,16,18). The van der Waals surface area contributed by atoms with Crippen LogP contribution in [0, 0.1) is 25.7 Å². The van der Waals surface area contributed by atoms with Crippen molar-refractivity contribution >= 4 is 5.78 Å². The number of rotatable bonds is 2. The maximum Gasteiger partial charge on any atom is 0.251 e. The second kappa shape index (κ2) is 5.09. The molecule has 1 aliphatic carbocycles. The van der Waals surface area contributed by atoms with Crippen LogP contribution in [0.5, 0.6) is 0 Å². The molecule has 2 unspecified atom stereocenters.